The Labute approximate surface area is 208 Å². The van der Waals surface area contributed by atoms with Gasteiger partial charge < -0.3 is 26.6 Å². The molecular weight excluding hydrogens is 442 g/mol. The second-order valence-electron chi connectivity index (χ2n) is 10.6. The van der Waals surface area contributed by atoms with E-state index >= 15 is 0 Å². The maximum atomic E-state index is 12.5. The molecule has 3 fully saturated rings. The van der Waals surface area contributed by atoms with Gasteiger partial charge in [0.25, 0.3) is 0 Å². The predicted octanol–water partition coefficient (Wildman–Crippen LogP) is 1.17. The van der Waals surface area contributed by atoms with Gasteiger partial charge in [-0.15, -0.1) is 0 Å². The summed E-state index contributed by atoms with van der Waals surface area (Å²) >= 11 is 0. The molecule has 1 aliphatic heterocycles. The Morgan fingerprint density at radius 1 is 1.17 bits per heavy atom. The van der Waals surface area contributed by atoms with Crippen LogP contribution in [0.4, 0.5) is 5.69 Å². The van der Waals surface area contributed by atoms with Crippen LogP contribution in [0.2, 0.25) is 0 Å². The Morgan fingerprint density at radius 3 is 2.31 bits per heavy atom. The van der Waals surface area contributed by atoms with Gasteiger partial charge in [0.15, 0.2) is 0 Å². The molecule has 4 rings (SSSR count). The monoisotopic (exact) mass is 481 g/mol. The van der Waals surface area contributed by atoms with Crippen molar-refractivity contribution in [2.24, 2.45) is 21.9 Å². The zero-order valence-corrected chi connectivity index (χ0v) is 21.2. The summed E-state index contributed by atoms with van der Waals surface area (Å²) in [6.45, 7) is 10.8. The molecule has 0 radical (unpaired) electrons. The molecule has 9 nitrogen and oxygen atoms in total. The van der Waals surface area contributed by atoms with E-state index < -0.39 is 5.54 Å². The van der Waals surface area contributed by atoms with Gasteiger partial charge in [-0.25, -0.2) is 4.99 Å². The average Bonchev–Trinajstić information content (AvgIpc) is 3.69. The number of carbonyl (C=O) groups excluding carboxylic acids is 2. The number of hydrogen-bond donors (Lipinski definition) is 3. The number of hydrogen-bond acceptors (Lipinski definition) is 6. The molecule has 2 aliphatic carbocycles. The fourth-order valence-corrected chi connectivity index (χ4v) is 5.39. The van der Waals surface area contributed by atoms with Crippen LogP contribution >= 0.6 is 0 Å². The third kappa shape index (κ3) is 5.12. The SMILES string of the molecule is CCN(Cc1ccc(N=C(/C=C\NC=O)N2CCN(C(=O)C(C)(C)N)CC2)cc1)C12CC1(CN)C2. The second-order valence-corrected chi connectivity index (χ2v) is 10.6. The average molecular weight is 482 g/mol. The van der Waals surface area contributed by atoms with Crippen LogP contribution in [-0.4, -0.2) is 83.2 Å². The Balaban J connectivity index is 1.42. The van der Waals surface area contributed by atoms with Crippen molar-refractivity contribution in [2.75, 3.05) is 39.3 Å². The highest BCUT2D eigenvalue weighted by atomic mass is 16.2. The fraction of sp³-hybridized carbons (Fsp3) is 0.577. The van der Waals surface area contributed by atoms with Crippen LogP contribution in [0.5, 0.6) is 0 Å². The summed E-state index contributed by atoms with van der Waals surface area (Å²) in [6, 6.07) is 8.35. The topological polar surface area (TPSA) is 120 Å². The van der Waals surface area contributed by atoms with Crippen LogP contribution in [0, 0.1) is 5.41 Å². The van der Waals surface area contributed by atoms with E-state index in [2.05, 4.69) is 34.2 Å². The summed E-state index contributed by atoms with van der Waals surface area (Å²) in [5, 5.41) is 2.56. The predicted molar refractivity (Wildman–Crippen MR) is 138 cm³/mol. The maximum absolute atomic E-state index is 12.5. The molecule has 0 aromatic heterocycles. The van der Waals surface area contributed by atoms with E-state index in [4.69, 9.17) is 16.5 Å². The molecule has 2 saturated carbocycles. The van der Waals surface area contributed by atoms with Crippen molar-refractivity contribution in [1.29, 1.82) is 0 Å². The molecule has 2 amide bonds. The second kappa shape index (κ2) is 9.72. The molecule has 0 atom stereocenters. The molecule has 190 valence electrons. The lowest BCUT2D eigenvalue weighted by Crippen LogP contribution is -2.57. The highest BCUT2D eigenvalue weighted by Gasteiger charge is 2.84. The minimum absolute atomic E-state index is 0.0499. The number of benzene rings is 1. The third-order valence-corrected chi connectivity index (χ3v) is 7.77. The van der Waals surface area contributed by atoms with E-state index in [1.807, 2.05) is 12.1 Å². The number of aliphatic imine (C=N–C) groups is 1. The van der Waals surface area contributed by atoms with Crippen molar-refractivity contribution in [1.82, 2.24) is 20.0 Å². The number of nitrogens with one attached hydrogen (secondary N) is 1. The summed E-state index contributed by atoms with van der Waals surface area (Å²) in [5.74, 6) is 0.690. The van der Waals surface area contributed by atoms with Gasteiger partial charge in [-0.1, -0.05) is 19.1 Å². The fourth-order valence-electron chi connectivity index (χ4n) is 5.39. The van der Waals surface area contributed by atoms with Gasteiger partial charge in [0.1, 0.15) is 5.84 Å². The van der Waals surface area contributed by atoms with E-state index in [0.29, 0.717) is 43.5 Å². The first-order valence-corrected chi connectivity index (χ1v) is 12.5. The number of amidine groups is 1. The van der Waals surface area contributed by atoms with Gasteiger partial charge in [0.2, 0.25) is 12.3 Å². The third-order valence-electron chi connectivity index (χ3n) is 7.77. The van der Waals surface area contributed by atoms with E-state index in [-0.39, 0.29) is 5.91 Å². The van der Waals surface area contributed by atoms with Crippen molar-refractivity contribution in [2.45, 2.75) is 51.2 Å². The molecule has 0 spiro atoms. The van der Waals surface area contributed by atoms with Gasteiger partial charge in [-0.05, 0) is 63.6 Å². The zero-order valence-electron chi connectivity index (χ0n) is 21.2. The summed E-state index contributed by atoms with van der Waals surface area (Å²) in [4.78, 5) is 34.6. The zero-order chi connectivity index (χ0) is 25.3. The molecule has 0 bridgehead atoms. The van der Waals surface area contributed by atoms with E-state index in [9.17, 15) is 9.59 Å². The number of fused-ring (bicyclic) bond motifs is 1. The van der Waals surface area contributed by atoms with E-state index in [1.165, 1.54) is 18.4 Å². The summed E-state index contributed by atoms with van der Waals surface area (Å²) in [7, 11) is 0. The quantitative estimate of drug-likeness (QED) is 0.262. The smallest absolute Gasteiger partial charge is 0.242 e. The number of rotatable bonds is 10. The van der Waals surface area contributed by atoms with Crippen LogP contribution < -0.4 is 16.8 Å². The minimum Gasteiger partial charge on any atom is -0.353 e. The largest absolute Gasteiger partial charge is 0.353 e. The van der Waals surface area contributed by atoms with Crippen LogP contribution in [0.1, 0.15) is 39.2 Å². The number of nitrogens with zero attached hydrogens (tertiary/aromatic N) is 4. The first kappa shape index (κ1) is 25.3. The number of nitrogens with two attached hydrogens (primary N) is 2. The Kier molecular flexibility index (Phi) is 7.04. The number of carbonyl (C=O) groups is 2. The van der Waals surface area contributed by atoms with Gasteiger partial charge in [-0.3, -0.25) is 14.5 Å². The Hall–Kier alpha value is -2.75. The summed E-state index contributed by atoms with van der Waals surface area (Å²) in [5.41, 5.74) is 13.9. The highest BCUT2D eigenvalue weighted by Crippen LogP contribution is 2.81. The molecule has 1 aromatic carbocycles. The van der Waals surface area contributed by atoms with Crippen LogP contribution in [0.15, 0.2) is 41.5 Å². The number of amides is 2. The maximum Gasteiger partial charge on any atom is 0.242 e. The van der Waals surface area contributed by atoms with Gasteiger partial charge >= 0.3 is 0 Å². The van der Waals surface area contributed by atoms with Crippen LogP contribution in [0.3, 0.4) is 0 Å². The lowest BCUT2D eigenvalue weighted by Gasteiger charge is -2.38. The first-order chi connectivity index (χ1) is 16.7. The summed E-state index contributed by atoms with van der Waals surface area (Å²) in [6.07, 6.45) is 6.46. The van der Waals surface area contributed by atoms with Gasteiger partial charge in [-0.2, -0.15) is 0 Å². The first-order valence-electron chi connectivity index (χ1n) is 12.5. The molecule has 35 heavy (non-hydrogen) atoms. The molecular formula is C26H39N7O2. The number of piperazine rings is 1. The minimum atomic E-state index is -0.883. The van der Waals surface area contributed by atoms with Crippen molar-refractivity contribution >= 4 is 23.8 Å². The normalized spacial score (nSPS) is 26.2. The van der Waals surface area contributed by atoms with Crippen molar-refractivity contribution in [3.63, 3.8) is 0 Å². The lowest BCUT2D eigenvalue weighted by molar-refractivity contribution is -0.137. The summed E-state index contributed by atoms with van der Waals surface area (Å²) < 4.78 is 0. The molecule has 0 unspecified atom stereocenters. The van der Waals surface area contributed by atoms with Crippen molar-refractivity contribution in [3.8, 4) is 0 Å². The lowest BCUT2D eigenvalue weighted by atomic mass is 10.0. The standard InChI is InChI=1S/C26H39N7O2/c1-4-33(26-16-25(26,17-26)18-27)15-20-5-7-21(8-6-20)30-22(9-10-29-19-34)31-11-13-32(14-12-31)23(35)24(2,3)28/h5-10,19H,4,11-18,27-28H2,1-3H3,(H,29,34)/b10-9-,30-22?. The van der Waals surface area contributed by atoms with Gasteiger partial charge in [0, 0.05) is 49.9 Å². The van der Waals surface area contributed by atoms with E-state index in [0.717, 1.165) is 31.2 Å². The van der Waals surface area contributed by atoms with Crippen LogP contribution in [-0.2, 0) is 16.1 Å². The molecule has 1 heterocycles. The van der Waals surface area contributed by atoms with E-state index in [1.54, 1.807) is 31.0 Å². The van der Waals surface area contributed by atoms with Crippen LogP contribution in [0.25, 0.3) is 0 Å². The molecule has 9 heteroatoms. The highest BCUT2D eigenvalue weighted by molar-refractivity contribution is 5.95. The van der Waals surface area contributed by atoms with Crippen molar-refractivity contribution in [3.05, 3.63) is 42.1 Å². The molecule has 3 aliphatic rings. The van der Waals surface area contributed by atoms with Gasteiger partial charge in [0.05, 0.1) is 11.2 Å². The molecule has 1 saturated heterocycles. The Morgan fingerprint density at radius 2 is 1.80 bits per heavy atom. The Bertz CT molecular complexity index is 982. The van der Waals surface area contributed by atoms with Crippen molar-refractivity contribution < 1.29 is 9.59 Å². The molecule has 1 aromatic rings. The molecule has 5 N–H and O–H groups in total.